The van der Waals surface area contributed by atoms with Crippen LogP contribution in [0.15, 0.2) is 102 Å². The molecule has 7 rings (SSSR count). The minimum Gasteiger partial charge on any atom is -0.493 e. The van der Waals surface area contributed by atoms with Gasteiger partial charge in [-0.05, 0) is 64.9 Å². The van der Waals surface area contributed by atoms with Crippen LogP contribution in [0.5, 0.6) is 23.0 Å². The molecule has 2 amide bonds. The number of rotatable bonds is 12. The van der Waals surface area contributed by atoms with Gasteiger partial charge in [0, 0.05) is 43.2 Å². The maximum Gasteiger partial charge on any atom is 0.260 e. The third-order valence-corrected chi connectivity index (χ3v) is 9.42. The normalized spacial score (nSPS) is 14.2. The molecule has 0 radical (unpaired) electrons. The van der Waals surface area contributed by atoms with Crippen molar-refractivity contribution in [3.8, 4) is 34.1 Å². The van der Waals surface area contributed by atoms with Crippen molar-refractivity contribution in [1.82, 2.24) is 5.32 Å². The fraction of sp³-hybridized carbons (Fsp3) is 0.214. The molecule has 5 aromatic carbocycles. The van der Waals surface area contributed by atoms with Crippen molar-refractivity contribution in [2.45, 2.75) is 32.1 Å². The van der Waals surface area contributed by atoms with Gasteiger partial charge in [0.1, 0.15) is 13.2 Å². The maximum atomic E-state index is 13.7. The number of fused-ring (bicyclic) bond motifs is 4. The number of hydrogen-bond acceptors (Lipinski definition) is 8. The van der Waals surface area contributed by atoms with Crippen LogP contribution in [0.4, 0.5) is 17.1 Å². The van der Waals surface area contributed by atoms with Crippen molar-refractivity contribution in [1.29, 1.82) is 0 Å². The molecular weight excluding hydrogens is 656 g/mol. The quantitative estimate of drug-likeness (QED) is 0.133. The van der Waals surface area contributed by atoms with Crippen LogP contribution < -0.4 is 34.5 Å². The molecular formula is C42H40N4O6. The molecule has 1 unspecified atom stereocenters. The number of aliphatic imine (C=N–C) groups is 1. The Morgan fingerprint density at radius 2 is 1.50 bits per heavy atom. The smallest absolute Gasteiger partial charge is 0.260 e. The third-order valence-electron chi connectivity index (χ3n) is 9.42. The Bertz CT molecular complexity index is 2150. The highest BCUT2D eigenvalue weighted by molar-refractivity contribution is 6.11. The van der Waals surface area contributed by atoms with Crippen molar-refractivity contribution in [3.63, 3.8) is 0 Å². The lowest BCUT2D eigenvalue weighted by atomic mass is 9.93. The van der Waals surface area contributed by atoms with Crippen molar-refractivity contribution in [2.24, 2.45) is 4.99 Å². The predicted octanol–water partition coefficient (Wildman–Crippen LogP) is 7.15. The van der Waals surface area contributed by atoms with Crippen molar-refractivity contribution < 1.29 is 28.5 Å². The highest BCUT2D eigenvalue weighted by Crippen LogP contribution is 2.43. The number of carbonyl (C=O) groups excluding carboxylic acids is 2. The van der Waals surface area contributed by atoms with Crippen LogP contribution in [0.2, 0.25) is 0 Å². The molecule has 5 aromatic rings. The molecule has 10 heteroatoms. The summed E-state index contributed by atoms with van der Waals surface area (Å²) < 4.78 is 24.1. The van der Waals surface area contributed by atoms with E-state index >= 15 is 0 Å². The summed E-state index contributed by atoms with van der Waals surface area (Å²) in [4.78, 5) is 31.5. The fourth-order valence-corrected chi connectivity index (χ4v) is 6.80. The number of ether oxygens (including phenoxy) is 4. The van der Waals surface area contributed by atoms with Gasteiger partial charge in [-0.1, -0.05) is 60.7 Å². The lowest BCUT2D eigenvalue weighted by Gasteiger charge is -2.21. The van der Waals surface area contributed by atoms with Gasteiger partial charge in [0.15, 0.2) is 23.0 Å². The van der Waals surface area contributed by atoms with Crippen LogP contribution >= 0.6 is 0 Å². The topological polar surface area (TPSA) is 111 Å². The zero-order chi connectivity index (χ0) is 36.0. The molecule has 2 N–H and O–H groups in total. The van der Waals surface area contributed by atoms with Gasteiger partial charge in [0.05, 0.1) is 37.2 Å². The van der Waals surface area contributed by atoms with Gasteiger partial charge < -0.3 is 34.5 Å². The van der Waals surface area contributed by atoms with E-state index in [4.69, 9.17) is 23.9 Å². The number of carbonyl (C=O) groups is 2. The Balaban J connectivity index is 1.07. The zero-order valence-electron chi connectivity index (χ0n) is 29.3. The van der Waals surface area contributed by atoms with Crippen molar-refractivity contribution >= 4 is 35.6 Å². The van der Waals surface area contributed by atoms with Crippen LogP contribution in [0, 0.1) is 0 Å². The summed E-state index contributed by atoms with van der Waals surface area (Å²) in [6.45, 7) is 1.18. The summed E-state index contributed by atoms with van der Waals surface area (Å²) in [5.74, 6) is 2.04. The van der Waals surface area contributed by atoms with E-state index in [2.05, 4.69) is 28.8 Å². The number of anilines is 2. The average molecular weight is 697 g/mol. The molecule has 1 atom stereocenters. The summed E-state index contributed by atoms with van der Waals surface area (Å²) in [6, 6.07) is 31.2. The second kappa shape index (κ2) is 15.3. The van der Waals surface area contributed by atoms with Crippen LogP contribution in [0.3, 0.4) is 0 Å². The Kier molecular flexibility index (Phi) is 10.1. The van der Waals surface area contributed by atoms with E-state index in [1.807, 2.05) is 77.7 Å². The molecule has 0 fully saturated rings. The standard InChI is InChI=1S/C42H40N4O6/c1-43-35-21-40(39(50-3)20-34(35)42(48)46-16-15-29-11-5-7-14-37(29)46)51-24-27-9-8-10-28(17-27)25-52-41-22-36-33(19-38(41)49-2)32-13-6-4-12-30(32)18-31(23-44-36)45-26-47/h4-14,17,19-23,26,31,43H,15-16,18,24-25H2,1-3H3,(H,45,47). The Morgan fingerprint density at radius 1 is 0.808 bits per heavy atom. The number of hydrogen-bond donors (Lipinski definition) is 2. The van der Waals surface area contributed by atoms with Gasteiger partial charge in [-0.2, -0.15) is 0 Å². The first-order chi connectivity index (χ1) is 25.5. The minimum absolute atomic E-state index is 0.0933. The maximum absolute atomic E-state index is 13.7. The lowest BCUT2D eigenvalue weighted by molar-refractivity contribution is -0.109. The van der Waals surface area contributed by atoms with Gasteiger partial charge >= 0.3 is 0 Å². The van der Waals surface area contributed by atoms with E-state index in [0.717, 1.165) is 51.2 Å². The molecule has 0 spiro atoms. The molecule has 264 valence electrons. The Morgan fingerprint density at radius 3 is 2.23 bits per heavy atom. The number of nitrogens with zero attached hydrogens (tertiary/aromatic N) is 2. The fourth-order valence-electron chi connectivity index (χ4n) is 6.80. The number of nitrogens with one attached hydrogen (secondary N) is 2. The van der Waals surface area contributed by atoms with Crippen LogP contribution in [0.1, 0.15) is 32.6 Å². The summed E-state index contributed by atoms with van der Waals surface area (Å²) in [5.41, 5.74) is 8.91. The Hall–Kier alpha value is -6.29. The lowest BCUT2D eigenvalue weighted by Crippen LogP contribution is -2.31. The number of benzene rings is 5. The van der Waals surface area contributed by atoms with E-state index in [1.165, 1.54) is 0 Å². The molecule has 2 aliphatic rings. The molecule has 10 nitrogen and oxygen atoms in total. The SMILES string of the molecule is CNc1cc(OCc2cccc(COc3cc4c(cc3OC)-c3ccccc3CC(NC=O)C=N4)c2)c(OC)cc1C(=O)N1CCc2ccccc21. The number of methoxy groups -OCH3 is 2. The first-order valence-electron chi connectivity index (χ1n) is 17.2. The van der Waals surface area contributed by atoms with Crippen LogP contribution in [-0.2, 0) is 30.8 Å². The van der Waals surface area contributed by atoms with Gasteiger partial charge in [-0.25, -0.2) is 0 Å². The molecule has 0 aliphatic carbocycles. The van der Waals surface area contributed by atoms with Gasteiger partial charge in [0.2, 0.25) is 6.41 Å². The van der Waals surface area contributed by atoms with E-state index < -0.39 is 0 Å². The minimum atomic E-state index is -0.235. The van der Waals surface area contributed by atoms with Crippen LogP contribution in [-0.4, -0.2) is 52.4 Å². The monoisotopic (exact) mass is 696 g/mol. The molecule has 0 saturated heterocycles. The summed E-state index contributed by atoms with van der Waals surface area (Å²) in [5, 5.41) is 6.01. The Labute approximate surface area is 303 Å². The van der Waals surface area contributed by atoms with Gasteiger partial charge in [-0.15, -0.1) is 0 Å². The summed E-state index contributed by atoms with van der Waals surface area (Å²) in [7, 11) is 4.98. The van der Waals surface area contributed by atoms with E-state index in [-0.39, 0.29) is 25.2 Å². The van der Waals surface area contributed by atoms with E-state index in [0.29, 0.717) is 53.6 Å². The number of amides is 2. The number of para-hydroxylation sites is 1. The third kappa shape index (κ3) is 7.00. The molecule has 0 aromatic heterocycles. The molecule has 52 heavy (non-hydrogen) atoms. The summed E-state index contributed by atoms with van der Waals surface area (Å²) in [6.07, 6.45) is 3.91. The van der Waals surface area contributed by atoms with Gasteiger partial charge in [0.25, 0.3) is 5.91 Å². The molecule has 0 saturated carbocycles. The molecule has 0 bridgehead atoms. The average Bonchev–Trinajstić information content (AvgIpc) is 3.61. The van der Waals surface area contributed by atoms with E-state index in [9.17, 15) is 9.59 Å². The first-order valence-corrected chi connectivity index (χ1v) is 17.2. The largest absolute Gasteiger partial charge is 0.493 e. The molecule has 2 aliphatic heterocycles. The highest BCUT2D eigenvalue weighted by atomic mass is 16.5. The van der Waals surface area contributed by atoms with E-state index in [1.54, 1.807) is 33.5 Å². The predicted molar refractivity (Wildman–Crippen MR) is 203 cm³/mol. The molecule has 2 heterocycles. The van der Waals surface area contributed by atoms with Gasteiger partial charge in [-0.3, -0.25) is 14.6 Å². The zero-order valence-corrected chi connectivity index (χ0v) is 29.3. The second-order valence-electron chi connectivity index (χ2n) is 12.6. The second-order valence-corrected chi connectivity index (χ2v) is 12.6. The summed E-state index contributed by atoms with van der Waals surface area (Å²) >= 11 is 0. The van der Waals surface area contributed by atoms with Crippen molar-refractivity contribution in [2.75, 3.05) is 38.0 Å². The highest BCUT2D eigenvalue weighted by Gasteiger charge is 2.28. The van der Waals surface area contributed by atoms with Crippen molar-refractivity contribution in [3.05, 3.63) is 125 Å². The van der Waals surface area contributed by atoms with Crippen LogP contribution in [0.25, 0.3) is 11.1 Å². The first kappa shape index (κ1) is 34.2.